The molecule has 0 aliphatic carbocycles. The molecule has 27 heavy (non-hydrogen) atoms. The van der Waals surface area contributed by atoms with Crippen LogP contribution in [0.4, 0.5) is 0 Å². The minimum atomic E-state index is -3.53. The summed E-state index contributed by atoms with van der Waals surface area (Å²) in [7, 11) is -1.82. The van der Waals surface area contributed by atoms with Gasteiger partial charge in [0.1, 0.15) is 5.75 Å². The lowest BCUT2D eigenvalue weighted by Gasteiger charge is -2.17. The maximum Gasteiger partial charge on any atom is 0.260 e. The number of benzene rings is 2. The van der Waals surface area contributed by atoms with Crippen molar-refractivity contribution in [3.05, 3.63) is 60.2 Å². The van der Waals surface area contributed by atoms with Gasteiger partial charge in [0.05, 0.1) is 4.90 Å². The lowest BCUT2D eigenvalue weighted by atomic mass is 10.2. The van der Waals surface area contributed by atoms with Crippen LogP contribution in [-0.4, -0.2) is 39.4 Å². The van der Waals surface area contributed by atoms with Crippen LogP contribution < -0.4 is 9.46 Å². The Kier molecular flexibility index (Phi) is 7.38. The lowest BCUT2D eigenvalue weighted by Crippen LogP contribution is -2.31. The Morgan fingerprint density at radius 2 is 1.70 bits per heavy atom. The number of nitrogens with zero attached hydrogens (tertiary/aromatic N) is 1. The summed E-state index contributed by atoms with van der Waals surface area (Å²) in [6.07, 6.45) is 0. The Bertz CT molecular complexity index is 834. The molecule has 0 unspecified atom stereocenters. The van der Waals surface area contributed by atoms with Gasteiger partial charge in [-0.05, 0) is 35.7 Å². The van der Waals surface area contributed by atoms with Crippen molar-refractivity contribution in [1.82, 2.24) is 9.62 Å². The van der Waals surface area contributed by atoms with Gasteiger partial charge in [0.25, 0.3) is 5.91 Å². The number of carbonyl (C=O) groups excluding carboxylic acids is 1. The summed E-state index contributed by atoms with van der Waals surface area (Å²) in [5.41, 5.74) is 1.04. The molecular weight excluding hydrogens is 364 g/mol. The topological polar surface area (TPSA) is 75.7 Å². The van der Waals surface area contributed by atoms with E-state index in [-0.39, 0.29) is 23.3 Å². The minimum absolute atomic E-state index is 0.110. The van der Waals surface area contributed by atoms with Crippen LogP contribution in [-0.2, 0) is 21.4 Å². The van der Waals surface area contributed by atoms with E-state index in [2.05, 4.69) is 4.72 Å². The number of hydrogen-bond acceptors (Lipinski definition) is 4. The van der Waals surface area contributed by atoms with E-state index in [1.807, 2.05) is 44.2 Å². The van der Waals surface area contributed by atoms with Gasteiger partial charge in [-0.3, -0.25) is 4.79 Å². The van der Waals surface area contributed by atoms with Gasteiger partial charge >= 0.3 is 0 Å². The molecule has 0 aliphatic heterocycles. The molecule has 1 N–H and O–H groups in total. The van der Waals surface area contributed by atoms with Crippen LogP contribution in [0.5, 0.6) is 5.75 Å². The SMILES string of the molecule is CC(C)CNS(=O)(=O)c1ccc(OCC(=O)N(C)Cc2ccccc2)cc1. The van der Waals surface area contributed by atoms with Crippen molar-refractivity contribution in [2.75, 3.05) is 20.2 Å². The van der Waals surface area contributed by atoms with Crippen molar-refractivity contribution < 1.29 is 17.9 Å². The average Bonchev–Trinajstić information content (AvgIpc) is 2.65. The van der Waals surface area contributed by atoms with E-state index in [4.69, 9.17) is 4.74 Å². The molecule has 0 saturated carbocycles. The maximum absolute atomic E-state index is 12.2. The van der Waals surface area contributed by atoms with Crippen LogP contribution >= 0.6 is 0 Å². The smallest absolute Gasteiger partial charge is 0.260 e. The van der Waals surface area contributed by atoms with Crippen LogP contribution in [0.3, 0.4) is 0 Å². The number of rotatable bonds is 9. The van der Waals surface area contributed by atoms with Crippen molar-refractivity contribution in [2.24, 2.45) is 5.92 Å². The number of likely N-dealkylation sites (N-methyl/N-ethyl adjacent to an activating group) is 1. The minimum Gasteiger partial charge on any atom is -0.484 e. The fraction of sp³-hybridized carbons (Fsp3) is 0.350. The summed E-state index contributed by atoms with van der Waals surface area (Å²) in [5.74, 6) is 0.509. The van der Waals surface area contributed by atoms with Gasteiger partial charge in [-0.15, -0.1) is 0 Å². The molecule has 2 aromatic carbocycles. The molecule has 0 fully saturated rings. The second kappa shape index (κ2) is 9.53. The van der Waals surface area contributed by atoms with Crippen molar-refractivity contribution in [3.8, 4) is 5.75 Å². The van der Waals surface area contributed by atoms with Gasteiger partial charge in [-0.25, -0.2) is 13.1 Å². The van der Waals surface area contributed by atoms with Crippen LogP contribution in [0.1, 0.15) is 19.4 Å². The second-order valence-electron chi connectivity index (χ2n) is 6.74. The monoisotopic (exact) mass is 390 g/mol. The van der Waals surface area contributed by atoms with E-state index in [0.29, 0.717) is 18.8 Å². The quantitative estimate of drug-likeness (QED) is 0.714. The molecule has 0 spiro atoms. The van der Waals surface area contributed by atoms with Gasteiger partial charge in [-0.2, -0.15) is 0 Å². The van der Waals surface area contributed by atoms with Gasteiger partial charge in [-0.1, -0.05) is 44.2 Å². The van der Waals surface area contributed by atoms with E-state index < -0.39 is 10.0 Å². The predicted molar refractivity (Wildman–Crippen MR) is 105 cm³/mol. The molecule has 7 heteroatoms. The highest BCUT2D eigenvalue weighted by atomic mass is 32.2. The van der Waals surface area contributed by atoms with Crippen molar-refractivity contribution in [3.63, 3.8) is 0 Å². The van der Waals surface area contributed by atoms with Gasteiger partial charge < -0.3 is 9.64 Å². The van der Waals surface area contributed by atoms with E-state index in [9.17, 15) is 13.2 Å². The van der Waals surface area contributed by atoms with Crippen LogP contribution in [0.15, 0.2) is 59.5 Å². The molecule has 0 radical (unpaired) electrons. The first-order valence-electron chi connectivity index (χ1n) is 8.78. The Labute approximate surface area is 161 Å². The van der Waals surface area contributed by atoms with Crippen molar-refractivity contribution in [2.45, 2.75) is 25.3 Å². The molecule has 0 heterocycles. The molecule has 6 nitrogen and oxygen atoms in total. The molecule has 2 aromatic rings. The number of ether oxygens (including phenoxy) is 1. The number of hydrogen-bond donors (Lipinski definition) is 1. The molecule has 146 valence electrons. The third kappa shape index (κ3) is 6.69. The first-order valence-corrected chi connectivity index (χ1v) is 10.3. The number of amides is 1. The first kappa shape index (κ1) is 20.9. The molecule has 0 saturated heterocycles. The predicted octanol–water partition coefficient (Wildman–Crippen LogP) is 2.66. The summed E-state index contributed by atoms with van der Waals surface area (Å²) in [6, 6.07) is 15.7. The third-order valence-corrected chi connectivity index (χ3v) is 5.31. The van der Waals surface area contributed by atoms with Crippen LogP contribution in [0, 0.1) is 5.92 Å². The van der Waals surface area contributed by atoms with Crippen molar-refractivity contribution >= 4 is 15.9 Å². The molecule has 0 aromatic heterocycles. The molecule has 0 bridgehead atoms. The average molecular weight is 391 g/mol. The Morgan fingerprint density at radius 3 is 2.30 bits per heavy atom. The zero-order valence-corrected chi connectivity index (χ0v) is 16.7. The Balaban J connectivity index is 1.88. The zero-order valence-electron chi connectivity index (χ0n) is 15.9. The Morgan fingerprint density at radius 1 is 1.07 bits per heavy atom. The summed E-state index contributed by atoms with van der Waals surface area (Å²) >= 11 is 0. The highest BCUT2D eigenvalue weighted by molar-refractivity contribution is 7.89. The highest BCUT2D eigenvalue weighted by Gasteiger charge is 2.15. The molecule has 2 rings (SSSR count). The summed E-state index contributed by atoms with van der Waals surface area (Å²) < 4.78 is 32.4. The fourth-order valence-electron chi connectivity index (χ4n) is 2.28. The first-order chi connectivity index (χ1) is 12.8. The summed E-state index contributed by atoms with van der Waals surface area (Å²) in [5, 5.41) is 0. The van der Waals surface area contributed by atoms with E-state index in [1.165, 1.54) is 12.1 Å². The van der Waals surface area contributed by atoms with E-state index in [1.54, 1.807) is 24.1 Å². The molecule has 0 aliphatic rings. The zero-order chi connectivity index (χ0) is 19.9. The second-order valence-corrected chi connectivity index (χ2v) is 8.51. The fourth-order valence-corrected chi connectivity index (χ4v) is 3.49. The maximum atomic E-state index is 12.2. The van der Waals surface area contributed by atoms with Crippen LogP contribution in [0.2, 0.25) is 0 Å². The van der Waals surface area contributed by atoms with E-state index >= 15 is 0 Å². The van der Waals surface area contributed by atoms with E-state index in [0.717, 1.165) is 5.56 Å². The third-order valence-electron chi connectivity index (χ3n) is 3.87. The highest BCUT2D eigenvalue weighted by Crippen LogP contribution is 2.16. The van der Waals surface area contributed by atoms with Gasteiger partial charge in [0.15, 0.2) is 6.61 Å². The standard InChI is InChI=1S/C20H26N2O4S/c1-16(2)13-21-27(24,25)19-11-9-18(10-12-19)26-15-20(23)22(3)14-17-7-5-4-6-8-17/h4-12,16,21H,13-15H2,1-3H3. The normalized spacial score (nSPS) is 11.4. The number of sulfonamides is 1. The lowest BCUT2D eigenvalue weighted by molar-refractivity contribution is -0.132. The Hall–Kier alpha value is -2.38. The van der Waals surface area contributed by atoms with Gasteiger partial charge in [0.2, 0.25) is 10.0 Å². The summed E-state index contributed by atoms with van der Waals surface area (Å²) in [4.78, 5) is 13.9. The number of carbonyl (C=O) groups is 1. The summed E-state index contributed by atoms with van der Waals surface area (Å²) in [6.45, 7) is 4.64. The largest absolute Gasteiger partial charge is 0.484 e. The molecular formula is C20H26N2O4S. The van der Waals surface area contributed by atoms with Gasteiger partial charge in [0, 0.05) is 20.1 Å². The molecule has 1 amide bonds. The number of nitrogens with one attached hydrogen (secondary N) is 1. The molecule has 0 atom stereocenters. The van der Waals surface area contributed by atoms with Crippen LogP contribution in [0.25, 0.3) is 0 Å². The van der Waals surface area contributed by atoms with Crippen molar-refractivity contribution in [1.29, 1.82) is 0 Å².